The molecule has 0 aromatic heterocycles. The van der Waals surface area contributed by atoms with E-state index in [0.717, 1.165) is 6.42 Å². The van der Waals surface area contributed by atoms with Crippen molar-refractivity contribution in [3.8, 4) is 0 Å². The van der Waals surface area contributed by atoms with Crippen LogP contribution in [0.15, 0.2) is 48.5 Å². The van der Waals surface area contributed by atoms with Crippen LogP contribution in [-0.2, 0) is 14.3 Å². The minimum absolute atomic E-state index is 0.119. The third kappa shape index (κ3) is 4.91. The van der Waals surface area contributed by atoms with Gasteiger partial charge < -0.3 is 15.4 Å². The highest BCUT2D eigenvalue weighted by molar-refractivity contribution is 6.10. The average Bonchev–Trinajstić information content (AvgIpc) is 3.39. The van der Waals surface area contributed by atoms with Crippen molar-refractivity contribution in [3.63, 3.8) is 0 Å². The predicted molar refractivity (Wildman–Crippen MR) is 97.7 cm³/mol. The molecule has 0 heterocycles. The highest BCUT2D eigenvalue weighted by Gasteiger charge is 2.40. The van der Waals surface area contributed by atoms with Crippen LogP contribution < -0.4 is 10.6 Å². The molecule has 1 saturated carbocycles. The first-order chi connectivity index (χ1) is 12.9. The zero-order chi connectivity index (χ0) is 19.4. The molecule has 2 atom stereocenters. The molecule has 140 valence electrons. The Labute approximate surface area is 155 Å². The van der Waals surface area contributed by atoms with Gasteiger partial charge in [0.25, 0.3) is 11.8 Å². The van der Waals surface area contributed by atoms with Crippen LogP contribution in [0.5, 0.6) is 0 Å². The molecular weight excluding hydrogens is 351 g/mol. The van der Waals surface area contributed by atoms with Crippen LogP contribution in [0.2, 0.25) is 0 Å². The van der Waals surface area contributed by atoms with Gasteiger partial charge in [0.1, 0.15) is 5.82 Å². The second-order valence-corrected chi connectivity index (χ2v) is 6.48. The number of hydrogen-bond donors (Lipinski definition) is 2. The molecule has 0 radical (unpaired) electrons. The van der Waals surface area contributed by atoms with Crippen LogP contribution >= 0.6 is 0 Å². The molecule has 2 aromatic rings. The maximum Gasteiger partial charge on any atom is 0.309 e. The Kier molecular flexibility index (Phi) is 5.49. The minimum atomic E-state index is -0.529. The van der Waals surface area contributed by atoms with Gasteiger partial charge >= 0.3 is 5.97 Å². The molecule has 0 unspecified atom stereocenters. The molecule has 27 heavy (non-hydrogen) atoms. The third-order valence-electron chi connectivity index (χ3n) is 4.31. The fourth-order valence-electron chi connectivity index (χ4n) is 2.60. The average molecular weight is 370 g/mol. The third-order valence-corrected chi connectivity index (χ3v) is 4.31. The predicted octanol–water partition coefficient (Wildman–Crippen LogP) is 3.22. The molecule has 7 heteroatoms. The smallest absolute Gasteiger partial charge is 0.309 e. The van der Waals surface area contributed by atoms with Crippen molar-refractivity contribution in [3.05, 3.63) is 59.9 Å². The Hall–Kier alpha value is -3.22. The van der Waals surface area contributed by atoms with Crippen molar-refractivity contribution in [2.24, 2.45) is 11.8 Å². The summed E-state index contributed by atoms with van der Waals surface area (Å²) >= 11 is 0. The summed E-state index contributed by atoms with van der Waals surface area (Å²) in [4.78, 5) is 36.2. The molecule has 2 amide bonds. The number of nitrogens with one attached hydrogen (secondary N) is 2. The zero-order valence-electron chi connectivity index (χ0n) is 14.7. The second kappa shape index (κ2) is 7.99. The minimum Gasteiger partial charge on any atom is -0.455 e. The van der Waals surface area contributed by atoms with Crippen LogP contribution in [0, 0.1) is 17.7 Å². The lowest BCUT2D eigenvalue weighted by Gasteiger charge is -2.12. The van der Waals surface area contributed by atoms with Gasteiger partial charge in [-0.2, -0.15) is 0 Å². The van der Waals surface area contributed by atoms with E-state index in [4.69, 9.17) is 4.74 Å². The lowest BCUT2D eigenvalue weighted by atomic mass is 10.1. The standard InChI is InChI=1S/C20H19FN2O4/c1-12-10-16(12)20(26)27-11-18(24)23-17-5-3-2-4-15(17)19(25)22-14-8-6-13(21)7-9-14/h2-9,12,16H,10-11H2,1H3,(H,22,25)(H,23,24)/t12-,16-/m1/s1. The molecule has 2 N–H and O–H groups in total. The molecule has 0 spiro atoms. The lowest BCUT2D eigenvalue weighted by molar-refractivity contribution is -0.148. The summed E-state index contributed by atoms with van der Waals surface area (Å²) in [5.74, 6) is -1.58. The van der Waals surface area contributed by atoms with E-state index in [1.807, 2.05) is 6.92 Å². The van der Waals surface area contributed by atoms with Crippen molar-refractivity contribution in [1.82, 2.24) is 0 Å². The van der Waals surface area contributed by atoms with E-state index in [1.54, 1.807) is 24.3 Å². The first-order valence-electron chi connectivity index (χ1n) is 8.56. The van der Waals surface area contributed by atoms with Gasteiger partial charge in [-0.3, -0.25) is 14.4 Å². The van der Waals surface area contributed by atoms with E-state index in [9.17, 15) is 18.8 Å². The van der Waals surface area contributed by atoms with Crippen molar-refractivity contribution >= 4 is 29.2 Å². The highest BCUT2D eigenvalue weighted by Crippen LogP contribution is 2.38. The van der Waals surface area contributed by atoms with Crippen molar-refractivity contribution in [2.45, 2.75) is 13.3 Å². The summed E-state index contributed by atoms with van der Waals surface area (Å²) in [7, 11) is 0. The fraction of sp³-hybridized carbons (Fsp3) is 0.250. The first kappa shape index (κ1) is 18.6. The van der Waals surface area contributed by atoms with E-state index in [-0.39, 0.29) is 23.1 Å². The molecule has 2 aromatic carbocycles. The normalized spacial score (nSPS) is 17.7. The summed E-state index contributed by atoms with van der Waals surface area (Å²) < 4.78 is 18.0. The van der Waals surface area contributed by atoms with E-state index >= 15 is 0 Å². The monoisotopic (exact) mass is 370 g/mol. The molecule has 6 nitrogen and oxygen atoms in total. The zero-order valence-corrected chi connectivity index (χ0v) is 14.7. The SMILES string of the molecule is C[C@@H]1C[C@H]1C(=O)OCC(=O)Nc1ccccc1C(=O)Nc1ccc(F)cc1. The van der Waals surface area contributed by atoms with Crippen LogP contribution in [0.25, 0.3) is 0 Å². The summed E-state index contributed by atoms with van der Waals surface area (Å²) in [6.45, 7) is 1.54. The van der Waals surface area contributed by atoms with Gasteiger partial charge in [-0.25, -0.2) is 4.39 Å². The van der Waals surface area contributed by atoms with Crippen molar-refractivity contribution in [2.75, 3.05) is 17.2 Å². The number of ether oxygens (including phenoxy) is 1. The second-order valence-electron chi connectivity index (χ2n) is 6.48. The van der Waals surface area contributed by atoms with Gasteiger partial charge in [0, 0.05) is 5.69 Å². The first-order valence-corrected chi connectivity index (χ1v) is 8.56. The molecular formula is C20H19FN2O4. The fourth-order valence-corrected chi connectivity index (χ4v) is 2.60. The number of esters is 1. The number of carbonyl (C=O) groups excluding carboxylic acids is 3. The number of anilines is 2. The van der Waals surface area contributed by atoms with Gasteiger partial charge in [0.15, 0.2) is 6.61 Å². The number of rotatable bonds is 6. The van der Waals surface area contributed by atoms with Crippen molar-refractivity contribution in [1.29, 1.82) is 0 Å². The molecule has 0 saturated heterocycles. The summed E-state index contributed by atoms with van der Waals surface area (Å²) in [6, 6.07) is 11.8. The quantitative estimate of drug-likeness (QED) is 0.765. The van der Waals surface area contributed by atoms with Gasteiger partial charge in [0.2, 0.25) is 0 Å². The Morgan fingerprint density at radius 1 is 1.07 bits per heavy atom. The lowest BCUT2D eigenvalue weighted by Crippen LogP contribution is -2.23. The largest absolute Gasteiger partial charge is 0.455 e. The highest BCUT2D eigenvalue weighted by atomic mass is 19.1. The molecule has 3 rings (SSSR count). The molecule has 0 bridgehead atoms. The molecule has 1 aliphatic carbocycles. The number of hydrogen-bond acceptors (Lipinski definition) is 4. The van der Waals surface area contributed by atoms with Crippen LogP contribution in [0.1, 0.15) is 23.7 Å². The summed E-state index contributed by atoms with van der Waals surface area (Å²) in [5, 5.41) is 5.21. The van der Waals surface area contributed by atoms with E-state index in [2.05, 4.69) is 10.6 Å². The summed E-state index contributed by atoms with van der Waals surface area (Å²) in [6.07, 6.45) is 0.785. The number of carbonyl (C=O) groups is 3. The summed E-state index contributed by atoms with van der Waals surface area (Å²) in [5.41, 5.74) is 0.949. The maximum absolute atomic E-state index is 13.0. The Balaban J connectivity index is 1.60. The van der Waals surface area contributed by atoms with Gasteiger partial charge in [-0.15, -0.1) is 0 Å². The molecule has 1 aliphatic rings. The maximum atomic E-state index is 13.0. The number of halogens is 1. The molecule has 1 fully saturated rings. The van der Waals surface area contributed by atoms with Gasteiger partial charge in [-0.05, 0) is 48.7 Å². The number of amides is 2. The van der Waals surface area contributed by atoms with Crippen molar-refractivity contribution < 1.29 is 23.5 Å². The number of para-hydroxylation sites is 1. The Morgan fingerprint density at radius 2 is 1.74 bits per heavy atom. The Bertz CT molecular complexity index is 867. The van der Waals surface area contributed by atoms with Gasteiger partial charge in [0.05, 0.1) is 17.2 Å². The van der Waals surface area contributed by atoms with Crippen LogP contribution in [0.4, 0.5) is 15.8 Å². The van der Waals surface area contributed by atoms with E-state index < -0.39 is 24.2 Å². The van der Waals surface area contributed by atoms with Crippen LogP contribution in [0.3, 0.4) is 0 Å². The Morgan fingerprint density at radius 3 is 2.41 bits per heavy atom. The van der Waals surface area contributed by atoms with Gasteiger partial charge in [-0.1, -0.05) is 19.1 Å². The van der Waals surface area contributed by atoms with Crippen LogP contribution in [-0.4, -0.2) is 24.4 Å². The number of benzene rings is 2. The topological polar surface area (TPSA) is 84.5 Å². The molecule has 0 aliphatic heterocycles. The van der Waals surface area contributed by atoms with E-state index in [1.165, 1.54) is 24.3 Å². The van der Waals surface area contributed by atoms with E-state index in [0.29, 0.717) is 11.6 Å².